The molecule has 1 aliphatic heterocycles. The molecule has 1 aromatic carbocycles. The zero-order valence-electron chi connectivity index (χ0n) is 10.7. The monoisotopic (exact) mass is 326 g/mol. The van der Waals surface area contributed by atoms with Crippen molar-refractivity contribution in [2.75, 3.05) is 18.0 Å². The molecule has 2 rings (SSSR count). The largest absolute Gasteiger partial charge is 0.389 e. The van der Waals surface area contributed by atoms with E-state index in [0.29, 0.717) is 4.99 Å². The molecular weight excluding hydrogens is 308 g/mol. The van der Waals surface area contributed by atoms with E-state index >= 15 is 0 Å². The summed E-state index contributed by atoms with van der Waals surface area (Å²) in [4.78, 5) is 2.90. The van der Waals surface area contributed by atoms with Gasteiger partial charge in [-0.3, -0.25) is 0 Å². The van der Waals surface area contributed by atoms with Crippen LogP contribution in [0.4, 0.5) is 5.69 Å². The molecule has 1 saturated heterocycles. The predicted octanol–water partition coefficient (Wildman–Crippen LogP) is 3.71. The summed E-state index contributed by atoms with van der Waals surface area (Å²) >= 11 is 8.69. The first-order chi connectivity index (χ1) is 8.58. The third-order valence-corrected chi connectivity index (χ3v) is 4.30. The van der Waals surface area contributed by atoms with Crippen molar-refractivity contribution >= 4 is 38.8 Å². The van der Waals surface area contributed by atoms with Gasteiger partial charge in [0.15, 0.2) is 0 Å². The van der Waals surface area contributed by atoms with Crippen LogP contribution in [0.3, 0.4) is 0 Å². The molecule has 1 unspecified atom stereocenters. The van der Waals surface area contributed by atoms with Crippen molar-refractivity contribution < 1.29 is 0 Å². The van der Waals surface area contributed by atoms with Crippen LogP contribution in [0.5, 0.6) is 0 Å². The Labute approximate surface area is 123 Å². The van der Waals surface area contributed by atoms with E-state index in [4.69, 9.17) is 18.0 Å². The van der Waals surface area contributed by atoms with E-state index in [1.807, 2.05) is 12.1 Å². The molecule has 0 aromatic heterocycles. The molecule has 0 aliphatic carbocycles. The highest BCUT2D eigenvalue weighted by atomic mass is 79.9. The van der Waals surface area contributed by atoms with Crippen molar-refractivity contribution in [2.24, 2.45) is 11.7 Å². The fourth-order valence-electron chi connectivity index (χ4n) is 2.48. The second-order valence-electron chi connectivity index (χ2n) is 5.05. The SMILES string of the molecule is CC1CCCN(c2cc(Br)ccc2C(N)=S)CC1. The number of thiocarbonyl (C=S) groups is 1. The molecule has 1 fully saturated rings. The van der Waals surface area contributed by atoms with E-state index in [1.165, 1.54) is 24.9 Å². The Hall–Kier alpha value is -0.610. The summed E-state index contributed by atoms with van der Waals surface area (Å²) in [6, 6.07) is 6.14. The van der Waals surface area contributed by atoms with Gasteiger partial charge < -0.3 is 10.6 Å². The smallest absolute Gasteiger partial charge is 0.106 e. The summed E-state index contributed by atoms with van der Waals surface area (Å²) in [5.74, 6) is 0.815. The first-order valence-electron chi connectivity index (χ1n) is 6.42. The molecule has 1 atom stereocenters. The van der Waals surface area contributed by atoms with Crippen LogP contribution >= 0.6 is 28.1 Å². The van der Waals surface area contributed by atoms with Crippen LogP contribution in [0.2, 0.25) is 0 Å². The molecule has 2 nitrogen and oxygen atoms in total. The Bertz CT molecular complexity index is 447. The van der Waals surface area contributed by atoms with Gasteiger partial charge in [-0.05, 0) is 43.4 Å². The van der Waals surface area contributed by atoms with Gasteiger partial charge in [-0.1, -0.05) is 35.1 Å². The Morgan fingerprint density at radius 2 is 2.17 bits per heavy atom. The maximum atomic E-state index is 5.83. The summed E-state index contributed by atoms with van der Waals surface area (Å²) in [6.07, 6.45) is 3.79. The molecular formula is C14H19BrN2S. The molecule has 1 aliphatic rings. The summed E-state index contributed by atoms with van der Waals surface area (Å²) in [5, 5.41) is 0. The van der Waals surface area contributed by atoms with E-state index in [1.54, 1.807) is 0 Å². The van der Waals surface area contributed by atoms with Crippen molar-refractivity contribution in [3.63, 3.8) is 0 Å². The molecule has 2 N–H and O–H groups in total. The summed E-state index contributed by atoms with van der Waals surface area (Å²) in [5.41, 5.74) is 7.99. The molecule has 0 radical (unpaired) electrons. The van der Waals surface area contributed by atoms with Gasteiger partial charge in [0.2, 0.25) is 0 Å². The van der Waals surface area contributed by atoms with Crippen LogP contribution in [0.1, 0.15) is 31.7 Å². The average molecular weight is 327 g/mol. The summed E-state index contributed by atoms with van der Waals surface area (Å²) in [6.45, 7) is 4.52. The molecule has 4 heteroatoms. The summed E-state index contributed by atoms with van der Waals surface area (Å²) < 4.78 is 1.08. The molecule has 0 saturated carbocycles. The van der Waals surface area contributed by atoms with Crippen molar-refractivity contribution in [1.29, 1.82) is 0 Å². The number of anilines is 1. The van der Waals surface area contributed by atoms with Gasteiger partial charge in [0, 0.05) is 28.8 Å². The van der Waals surface area contributed by atoms with Crippen molar-refractivity contribution in [2.45, 2.75) is 26.2 Å². The van der Waals surface area contributed by atoms with Gasteiger partial charge in [0.25, 0.3) is 0 Å². The normalized spacial score (nSPS) is 20.6. The highest BCUT2D eigenvalue weighted by molar-refractivity contribution is 9.10. The molecule has 0 spiro atoms. The topological polar surface area (TPSA) is 29.3 Å². The number of nitrogens with zero attached hydrogens (tertiary/aromatic N) is 1. The van der Waals surface area contributed by atoms with E-state index in [0.717, 1.165) is 29.0 Å². The zero-order valence-corrected chi connectivity index (χ0v) is 13.1. The minimum absolute atomic E-state index is 0.481. The molecule has 0 bridgehead atoms. The van der Waals surface area contributed by atoms with E-state index in [2.05, 4.69) is 33.8 Å². The lowest BCUT2D eigenvalue weighted by atomic mass is 10.0. The Morgan fingerprint density at radius 3 is 2.89 bits per heavy atom. The Morgan fingerprint density at radius 1 is 1.39 bits per heavy atom. The van der Waals surface area contributed by atoms with Gasteiger partial charge in [-0.2, -0.15) is 0 Å². The third kappa shape index (κ3) is 3.23. The lowest BCUT2D eigenvalue weighted by Crippen LogP contribution is -2.27. The maximum absolute atomic E-state index is 5.83. The van der Waals surface area contributed by atoms with Crippen LogP contribution in [0.15, 0.2) is 22.7 Å². The number of hydrogen-bond donors (Lipinski definition) is 1. The van der Waals surface area contributed by atoms with Gasteiger partial charge in [0.05, 0.1) is 0 Å². The number of benzene rings is 1. The molecule has 1 aromatic rings. The molecule has 1 heterocycles. The Balaban J connectivity index is 2.30. The second-order valence-corrected chi connectivity index (χ2v) is 6.40. The highest BCUT2D eigenvalue weighted by Crippen LogP contribution is 2.28. The maximum Gasteiger partial charge on any atom is 0.106 e. The van der Waals surface area contributed by atoms with Crippen LogP contribution in [-0.4, -0.2) is 18.1 Å². The number of nitrogens with two attached hydrogens (primary N) is 1. The van der Waals surface area contributed by atoms with Crippen LogP contribution in [0, 0.1) is 5.92 Å². The molecule has 0 amide bonds. The molecule has 98 valence electrons. The standard InChI is InChI=1S/C14H19BrN2S/c1-10-3-2-7-17(8-6-10)13-9-11(15)4-5-12(13)14(16)18/h4-5,9-10H,2-3,6-8H2,1H3,(H2,16,18). The Kier molecular flexibility index (Phi) is 4.62. The van der Waals surface area contributed by atoms with Gasteiger partial charge in [0.1, 0.15) is 4.99 Å². The zero-order chi connectivity index (χ0) is 13.1. The van der Waals surface area contributed by atoms with Gasteiger partial charge >= 0.3 is 0 Å². The lowest BCUT2D eigenvalue weighted by molar-refractivity contribution is 0.521. The number of hydrogen-bond acceptors (Lipinski definition) is 2. The third-order valence-electron chi connectivity index (χ3n) is 3.58. The minimum atomic E-state index is 0.481. The molecule has 18 heavy (non-hydrogen) atoms. The number of halogens is 1. The average Bonchev–Trinajstić information content (AvgIpc) is 2.53. The minimum Gasteiger partial charge on any atom is -0.389 e. The van der Waals surface area contributed by atoms with Gasteiger partial charge in [-0.15, -0.1) is 0 Å². The summed E-state index contributed by atoms with van der Waals surface area (Å²) in [7, 11) is 0. The first-order valence-corrected chi connectivity index (χ1v) is 7.62. The number of rotatable bonds is 2. The predicted molar refractivity (Wildman–Crippen MR) is 85.3 cm³/mol. The quantitative estimate of drug-likeness (QED) is 0.840. The fourth-order valence-corrected chi connectivity index (χ4v) is 3.00. The highest BCUT2D eigenvalue weighted by Gasteiger charge is 2.17. The van der Waals surface area contributed by atoms with Gasteiger partial charge in [-0.25, -0.2) is 0 Å². The van der Waals surface area contributed by atoms with Crippen LogP contribution in [-0.2, 0) is 0 Å². The fraction of sp³-hybridized carbons (Fsp3) is 0.500. The van der Waals surface area contributed by atoms with Crippen molar-refractivity contribution in [3.8, 4) is 0 Å². The van der Waals surface area contributed by atoms with E-state index < -0.39 is 0 Å². The first kappa shape index (κ1) is 13.8. The van der Waals surface area contributed by atoms with Crippen molar-refractivity contribution in [1.82, 2.24) is 0 Å². The second kappa shape index (κ2) is 6.02. The van der Waals surface area contributed by atoms with E-state index in [-0.39, 0.29) is 0 Å². The van der Waals surface area contributed by atoms with Crippen molar-refractivity contribution in [3.05, 3.63) is 28.2 Å². The van der Waals surface area contributed by atoms with E-state index in [9.17, 15) is 0 Å². The lowest BCUT2D eigenvalue weighted by Gasteiger charge is -2.25. The van der Waals surface area contributed by atoms with Crippen LogP contribution in [0.25, 0.3) is 0 Å². The van der Waals surface area contributed by atoms with Crippen LogP contribution < -0.4 is 10.6 Å².